The van der Waals surface area contributed by atoms with Gasteiger partial charge in [-0.25, -0.2) is 4.79 Å². The third kappa shape index (κ3) is 3.68. The summed E-state index contributed by atoms with van der Waals surface area (Å²) in [5.74, 6) is -0.740. The van der Waals surface area contributed by atoms with Gasteiger partial charge in [-0.1, -0.05) is 23.7 Å². The van der Waals surface area contributed by atoms with Gasteiger partial charge in [-0.15, -0.1) is 11.8 Å². The molecular weight excluding hydrogens is 296 g/mol. The van der Waals surface area contributed by atoms with Gasteiger partial charge in [-0.3, -0.25) is 0 Å². The molecular formula is C15H13ClO3S. The number of carboxylic acid groups (broad SMARTS) is 1. The number of hydrogen-bond donors (Lipinski definition) is 1. The van der Waals surface area contributed by atoms with Crippen LogP contribution in [-0.4, -0.2) is 17.3 Å². The lowest BCUT2D eigenvalue weighted by Crippen LogP contribution is -2.03. The second-order valence-corrected chi connectivity index (χ2v) is 5.40. The third-order valence-corrected chi connectivity index (χ3v) is 3.70. The van der Waals surface area contributed by atoms with Crippen LogP contribution in [0.2, 0.25) is 5.02 Å². The molecule has 0 radical (unpaired) electrons. The predicted molar refractivity (Wildman–Crippen MR) is 81.0 cm³/mol. The van der Waals surface area contributed by atoms with Crippen molar-refractivity contribution in [2.75, 3.05) is 6.26 Å². The van der Waals surface area contributed by atoms with E-state index in [1.165, 1.54) is 11.0 Å². The SMILES string of the molecule is CSc1ccc(COc2ccc(Cl)cc2C(=O)O)cc1. The third-order valence-electron chi connectivity index (χ3n) is 2.73. The molecule has 0 amide bonds. The minimum atomic E-state index is -1.06. The molecule has 0 unspecified atom stereocenters. The zero-order valence-corrected chi connectivity index (χ0v) is 12.4. The van der Waals surface area contributed by atoms with Crippen LogP contribution in [-0.2, 0) is 6.61 Å². The zero-order valence-electron chi connectivity index (χ0n) is 10.8. The molecule has 0 atom stereocenters. The highest BCUT2D eigenvalue weighted by atomic mass is 35.5. The lowest BCUT2D eigenvalue weighted by atomic mass is 10.2. The first-order valence-electron chi connectivity index (χ1n) is 5.88. The molecule has 0 heterocycles. The van der Waals surface area contributed by atoms with E-state index in [1.807, 2.05) is 30.5 Å². The van der Waals surface area contributed by atoms with E-state index in [4.69, 9.17) is 21.4 Å². The van der Waals surface area contributed by atoms with Gasteiger partial charge in [0.05, 0.1) is 0 Å². The number of halogens is 1. The van der Waals surface area contributed by atoms with Crippen LogP contribution >= 0.6 is 23.4 Å². The molecule has 0 spiro atoms. The largest absolute Gasteiger partial charge is 0.488 e. The Labute approximate surface area is 126 Å². The number of rotatable bonds is 5. The second-order valence-electron chi connectivity index (χ2n) is 4.08. The normalized spacial score (nSPS) is 10.3. The Bertz CT molecular complexity index is 611. The molecule has 0 aliphatic heterocycles. The van der Waals surface area contributed by atoms with Crippen molar-refractivity contribution in [3.05, 3.63) is 58.6 Å². The van der Waals surface area contributed by atoms with Gasteiger partial charge in [0.25, 0.3) is 0 Å². The van der Waals surface area contributed by atoms with E-state index in [-0.39, 0.29) is 5.56 Å². The number of aromatic carboxylic acids is 1. The molecule has 0 aliphatic rings. The van der Waals surface area contributed by atoms with E-state index >= 15 is 0 Å². The van der Waals surface area contributed by atoms with Gasteiger partial charge in [0.15, 0.2) is 0 Å². The monoisotopic (exact) mass is 308 g/mol. The molecule has 0 aromatic heterocycles. The maximum atomic E-state index is 11.1. The summed E-state index contributed by atoms with van der Waals surface area (Å²) in [5.41, 5.74) is 1.05. The Balaban J connectivity index is 2.12. The van der Waals surface area contributed by atoms with Crippen molar-refractivity contribution in [2.45, 2.75) is 11.5 Å². The summed E-state index contributed by atoms with van der Waals surface area (Å²) in [6, 6.07) is 12.5. The summed E-state index contributed by atoms with van der Waals surface area (Å²) >= 11 is 7.46. The summed E-state index contributed by atoms with van der Waals surface area (Å²) < 4.78 is 5.57. The second kappa shape index (κ2) is 6.68. The van der Waals surface area contributed by atoms with Crippen LogP contribution in [0.25, 0.3) is 0 Å². The summed E-state index contributed by atoms with van der Waals surface area (Å²) in [5, 5.41) is 9.49. The highest BCUT2D eigenvalue weighted by Crippen LogP contribution is 2.24. The summed E-state index contributed by atoms with van der Waals surface area (Å²) in [6.45, 7) is 0.316. The molecule has 3 nitrogen and oxygen atoms in total. The van der Waals surface area contributed by atoms with Gasteiger partial charge in [0, 0.05) is 9.92 Å². The lowest BCUT2D eigenvalue weighted by Gasteiger charge is -2.10. The van der Waals surface area contributed by atoms with Crippen LogP contribution < -0.4 is 4.74 Å². The van der Waals surface area contributed by atoms with E-state index in [1.54, 1.807) is 23.9 Å². The maximum Gasteiger partial charge on any atom is 0.339 e. The number of carboxylic acids is 1. The molecule has 5 heteroatoms. The van der Waals surface area contributed by atoms with Crippen molar-refractivity contribution in [3.63, 3.8) is 0 Å². The Morgan fingerprint density at radius 3 is 2.55 bits per heavy atom. The van der Waals surface area contributed by atoms with Gasteiger partial charge >= 0.3 is 5.97 Å². The fourth-order valence-corrected chi connectivity index (χ4v) is 2.26. The van der Waals surface area contributed by atoms with E-state index in [9.17, 15) is 4.79 Å². The molecule has 0 fully saturated rings. The van der Waals surface area contributed by atoms with Gasteiger partial charge in [0.2, 0.25) is 0 Å². The first-order valence-corrected chi connectivity index (χ1v) is 7.49. The molecule has 0 saturated carbocycles. The average molecular weight is 309 g/mol. The van der Waals surface area contributed by atoms with Crippen LogP contribution in [0.15, 0.2) is 47.4 Å². The van der Waals surface area contributed by atoms with Gasteiger partial charge in [-0.2, -0.15) is 0 Å². The summed E-state index contributed by atoms with van der Waals surface area (Å²) in [4.78, 5) is 12.3. The number of benzene rings is 2. The van der Waals surface area contributed by atoms with Crippen molar-refractivity contribution in [1.82, 2.24) is 0 Å². The molecule has 0 aliphatic carbocycles. The molecule has 2 aromatic carbocycles. The number of hydrogen-bond acceptors (Lipinski definition) is 3. The number of thioether (sulfide) groups is 1. The minimum absolute atomic E-state index is 0.0678. The van der Waals surface area contributed by atoms with Crippen molar-refractivity contribution >= 4 is 29.3 Å². The average Bonchev–Trinajstić information content (AvgIpc) is 2.46. The van der Waals surface area contributed by atoms with E-state index in [2.05, 4.69) is 0 Å². The van der Waals surface area contributed by atoms with E-state index in [0.717, 1.165) is 5.56 Å². The number of carbonyl (C=O) groups is 1. The summed E-state index contributed by atoms with van der Waals surface area (Å²) in [6.07, 6.45) is 2.01. The Morgan fingerprint density at radius 2 is 1.95 bits per heavy atom. The van der Waals surface area contributed by atoms with Crippen LogP contribution in [0.5, 0.6) is 5.75 Å². The van der Waals surface area contributed by atoms with Crippen LogP contribution in [0, 0.1) is 0 Å². The highest BCUT2D eigenvalue weighted by molar-refractivity contribution is 7.98. The van der Waals surface area contributed by atoms with Crippen molar-refractivity contribution in [3.8, 4) is 5.75 Å². The van der Waals surface area contributed by atoms with Crippen molar-refractivity contribution in [1.29, 1.82) is 0 Å². The molecule has 0 saturated heterocycles. The fourth-order valence-electron chi connectivity index (χ4n) is 1.68. The zero-order chi connectivity index (χ0) is 14.5. The Kier molecular flexibility index (Phi) is 4.93. The molecule has 20 heavy (non-hydrogen) atoms. The van der Waals surface area contributed by atoms with E-state index in [0.29, 0.717) is 17.4 Å². The van der Waals surface area contributed by atoms with Crippen LogP contribution in [0.3, 0.4) is 0 Å². The smallest absolute Gasteiger partial charge is 0.339 e. The van der Waals surface area contributed by atoms with Gasteiger partial charge < -0.3 is 9.84 Å². The minimum Gasteiger partial charge on any atom is -0.488 e. The molecule has 1 N–H and O–H groups in total. The predicted octanol–water partition coefficient (Wildman–Crippen LogP) is 4.34. The van der Waals surface area contributed by atoms with E-state index < -0.39 is 5.97 Å². The van der Waals surface area contributed by atoms with Crippen molar-refractivity contribution < 1.29 is 14.6 Å². The van der Waals surface area contributed by atoms with Crippen molar-refractivity contribution in [2.24, 2.45) is 0 Å². The van der Waals surface area contributed by atoms with Crippen LogP contribution in [0.1, 0.15) is 15.9 Å². The molecule has 2 aromatic rings. The Morgan fingerprint density at radius 1 is 1.25 bits per heavy atom. The first-order chi connectivity index (χ1) is 9.60. The first kappa shape index (κ1) is 14.8. The number of ether oxygens (including phenoxy) is 1. The fraction of sp³-hybridized carbons (Fsp3) is 0.133. The van der Waals surface area contributed by atoms with Gasteiger partial charge in [-0.05, 0) is 42.2 Å². The Hall–Kier alpha value is -1.65. The molecule has 0 bridgehead atoms. The lowest BCUT2D eigenvalue weighted by molar-refractivity contribution is 0.0691. The molecule has 2 rings (SSSR count). The van der Waals surface area contributed by atoms with Crippen LogP contribution in [0.4, 0.5) is 0 Å². The summed E-state index contributed by atoms with van der Waals surface area (Å²) in [7, 11) is 0. The topological polar surface area (TPSA) is 46.5 Å². The van der Waals surface area contributed by atoms with Gasteiger partial charge in [0.1, 0.15) is 17.9 Å². The highest BCUT2D eigenvalue weighted by Gasteiger charge is 2.12. The standard InChI is InChI=1S/C15H13ClO3S/c1-20-12-5-2-10(3-6-12)9-19-14-7-4-11(16)8-13(14)15(17)18/h2-8H,9H2,1H3,(H,17,18). The molecule has 104 valence electrons. The quantitative estimate of drug-likeness (QED) is 0.835. The maximum absolute atomic E-state index is 11.1.